The van der Waals surface area contributed by atoms with Crippen molar-refractivity contribution in [1.29, 1.82) is 0 Å². The second kappa shape index (κ2) is 6.86. The lowest BCUT2D eigenvalue weighted by Crippen LogP contribution is -2.22. The lowest BCUT2D eigenvalue weighted by molar-refractivity contribution is 0.0481. The van der Waals surface area contributed by atoms with Gasteiger partial charge in [0.05, 0.1) is 13.7 Å². The van der Waals surface area contributed by atoms with E-state index in [0.717, 1.165) is 26.1 Å². The van der Waals surface area contributed by atoms with E-state index in [1.807, 2.05) is 0 Å². The summed E-state index contributed by atoms with van der Waals surface area (Å²) in [5, 5.41) is 0. The van der Waals surface area contributed by atoms with E-state index in [1.165, 1.54) is 7.11 Å². The first-order chi connectivity index (χ1) is 9.20. The number of esters is 1. The molecule has 0 spiro atoms. The molecular formula is C13H16BrNO4. The Kier molecular flexibility index (Phi) is 5.15. The first-order valence-electron chi connectivity index (χ1n) is 6.16. The second-order valence-corrected chi connectivity index (χ2v) is 5.15. The Bertz CT molecular complexity index is 446. The summed E-state index contributed by atoms with van der Waals surface area (Å²) in [5.41, 5.74) is 0.198. The molecule has 0 aliphatic carbocycles. The van der Waals surface area contributed by atoms with Crippen LogP contribution in [0.4, 0.5) is 0 Å². The Labute approximate surface area is 120 Å². The van der Waals surface area contributed by atoms with Crippen LogP contribution >= 0.6 is 15.9 Å². The third-order valence-corrected chi connectivity index (χ3v) is 3.46. The van der Waals surface area contributed by atoms with Gasteiger partial charge in [0.2, 0.25) is 0 Å². The lowest BCUT2D eigenvalue weighted by atomic mass is 10.0. The minimum absolute atomic E-state index is 0.198. The van der Waals surface area contributed by atoms with Crippen LogP contribution in [0.5, 0.6) is 5.75 Å². The molecule has 1 aromatic heterocycles. The molecule has 0 bridgehead atoms. The third kappa shape index (κ3) is 3.91. The average Bonchev–Trinajstić information content (AvgIpc) is 2.46. The zero-order chi connectivity index (χ0) is 13.7. The van der Waals surface area contributed by atoms with Crippen LogP contribution in [-0.4, -0.2) is 37.9 Å². The predicted octanol–water partition coefficient (Wildman–Crippen LogP) is 2.44. The Balaban J connectivity index is 2.04. The number of nitrogens with zero attached hydrogens (tertiary/aromatic N) is 1. The number of methoxy groups -OCH3 is 1. The Morgan fingerprint density at radius 3 is 2.89 bits per heavy atom. The Hall–Kier alpha value is -1.14. The maximum Gasteiger partial charge on any atom is 0.360 e. The summed E-state index contributed by atoms with van der Waals surface area (Å²) in [6, 6.07) is 3.47. The van der Waals surface area contributed by atoms with Gasteiger partial charge in [-0.2, -0.15) is 0 Å². The summed E-state index contributed by atoms with van der Waals surface area (Å²) in [7, 11) is 1.33. The van der Waals surface area contributed by atoms with Gasteiger partial charge in [0, 0.05) is 13.2 Å². The fourth-order valence-electron chi connectivity index (χ4n) is 1.90. The fraction of sp³-hybridized carbons (Fsp3) is 0.538. The molecule has 0 saturated carbocycles. The molecular weight excluding hydrogens is 314 g/mol. The van der Waals surface area contributed by atoms with E-state index in [-0.39, 0.29) is 5.69 Å². The molecule has 5 nitrogen and oxygen atoms in total. The normalized spacial score (nSPS) is 16.1. The van der Waals surface area contributed by atoms with Crippen molar-refractivity contribution in [3.8, 4) is 5.75 Å². The van der Waals surface area contributed by atoms with Gasteiger partial charge in [0.15, 0.2) is 11.4 Å². The van der Waals surface area contributed by atoms with Crippen molar-refractivity contribution in [2.45, 2.75) is 12.8 Å². The Morgan fingerprint density at radius 2 is 2.21 bits per heavy atom. The van der Waals surface area contributed by atoms with Gasteiger partial charge in [-0.1, -0.05) is 0 Å². The van der Waals surface area contributed by atoms with Gasteiger partial charge in [0.1, 0.15) is 4.60 Å². The highest BCUT2D eigenvalue weighted by molar-refractivity contribution is 9.10. The first-order valence-corrected chi connectivity index (χ1v) is 6.95. The maximum atomic E-state index is 11.6. The predicted molar refractivity (Wildman–Crippen MR) is 72.3 cm³/mol. The number of ether oxygens (including phenoxy) is 3. The molecule has 0 aromatic carbocycles. The average molecular weight is 330 g/mol. The van der Waals surface area contributed by atoms with E-state index < -0.39 is 5.97 Å². The van der Waals surface area contributed by atoms with Gasteiger partial charge in [-0.05, 0) is 46.8 Å². The molecule has 1 aliphatic rings. The van der Waals surface area contributed by atoms with E-state index in [4.69, 9.17) is 14.2 Å². The molecule has 0 N–H and O–H groups in total. The second-order valence-electron chi connectivity index (χ2n) is 4.34. The van der Waals surface area contributed by atoms with Crippen LogP contribution in [0, 0.1) is 5.92 Å². The highest BCUT2D eigenvalue weighted by atomic mass is 79.9. The maximum absolute atomic E-state index is 11.6. The summed E-state index contributed by atoms with van der Waals surface area (Å²) in [5.74, 6) is 0.424. The molecule has 2 heterocycles. The quantitative estimate of drug-likeness (QED) is 0.627. The molecule has 19 heavy (non-hydrogen) atoms. The zero-order valence-corrected chi connectivity index (χ0v) is 12.3. The van der Waals surface area contributed by atoms with E-state index in [2.05, 4.69) is 20.9 Å². The van der Waals surface area contributed by atoms with Crippen molar-refractivity contribution < 1.29 is 19.0 Å². The van der Waals surface area contributed by atoms with E-state index in [1.54, 1.807) is 12.1 Å². The molecule has 104 valence electrons. The summed E-state index contributed by atoms with van der Waals surface area (Å²) in [6.45, 7) is 2.11. The molecule has 6 heteroatoms. The highest BCUT2D eigenvalue weighted by Gasteiger charge is 2.19. The molecule has 1 saturated heterocycles. The van der Waals surface area contributed by atoms with Crippen molar-refractivity contribution in [2.24, 2.45) is 5.92 Å². The van der Waals surface area contributed by atoms with Crippen molar-refractivity contribution in [3.05, 3.63) is 22.4 Å². The molecule has 1 fully saturated rings. The number of carbonyl (C=O) groups is 1. The highest BCUT2D eigenvalue weighted by Crippen LogP contribution is 2.23. The van der Waals surface area contributed by atoms with E-state index in [9.17, 15) is 4.79 Å². The van der Waals surface area contributed by atoms with Gasteiger partial charge in [0.25, 0.3) is 0 Å². The number of rotatable bonds is 4. The largest absolute Gasteiger partial charge is 0.491 e. The zero-order valence-electron chi connectivity index (χ0n) is 10.7. The van der Waals surface area contributed by atoms with Crippen LogP contribution in [0.3, 0.4) is 0 Å². The topological polar surface area (TPSA) is 57.7 Å². The van der Waals surface area contributed by atoms with Crippen LogP contribution in [0.25, 0.3) is 0 Å². The van der Waals surface area contributed by atoms with Crippen LogP contribution in [0.15, 0.2) is 16.7 Å². The summed E-state index contributed by atoms with van der Waals surface area (Å²) >= 11 is 3.23. The lowest BCUT2D eigenvalue weighted by Gasteiger charge is -2.22. The number of aromatic nitrogens is 1. The van der Waals surface area contributed by atoms with Crippen LogP contribution in [0.1, 0.15) is 23.3 Å². The minimum Gasteiger partial charge on any atom is -0.491 e. The summed E-state index contributed by atoms with van der Waals surface area (Å²) in [4.78, 5) is 15.7. The van der Waals surface area contributed by atoms with Gasteiger partial charge < -0.3 is 14.2 Å². The molecule has 1 aliphatic heterocycles. The number of carbonyl (C=O) groups excluding carboxylic acids is 1. The van der Waals surface area contributed by atoms with Crippen molar-refractivity contribution in [2.75, 3.05) is 26.9 Å². The Morgan fingerprint density at radius 1 is 1.47 bits per heavy atom. The van der Waals surface area contributed by atoms with Crippen LogP contribution < -0.4 is 4.74 Å². The van der Waals surface area contributed by atoms with Gasteiger partial charge >= 0.3 is 5.97 Å². The SMILES string of the molecule is COC(=O)c1nc(Br)ccc1OCC1CCOCC1. The van der Waals surface area contributed by atoms with Crippen LogP contribution in [-0.2, 0) is 9.47 Å². The van der Waals surface area contributed by atoms with Crippen molar-refractivity contribution in [1.82, 2.24) is 4.98 Å². The van der Waals surface area contributed by atoms with Crippen molar-refractivity contribution in [3.63, 3.8) is 0 Å². The monoisotopic (exact) mass is 329 g/mol. The number of hydrogen-bond acceptors (Lipinski definition) is 5. The third-order valence-electron chi connectivity index (χ3n) is 3.02. The molecule has 0 radical (unpaired) electrons. The van der Waals surface area contributed by atoms with Gasteiger partial charge in [-0.3, -0.25) is 0 Å². The standard InChI is InChI=1S/C13H16BrNO4/c1-17-13(16)12-10(2-3-11(14)15-12)19-8-9-4-6-18-7-5-9/h2-3,9H,4-8H2,1H3. The van der Waals surface area contributed by atoms with Gasteiger partial charge in [-0.25, -0.2) is 9.78 Å². The first kappa shape index (κ1) is 14.3. The summed E-state index contributed by atoms with van der Waals surface area (Å²) in [6.07, 6.45) is 1.97. The number of pyridine rings is 1. The molecule has 2 rings (SSSR count). The summed E-state index contributed by atoms with van der Waals surface area (Å²) < 4.78 is 16.3. The van der Waals surface area contributed by atoms with Crippen molar-refractivity contribution >= 4 is 21.9 Å². The molecule has 1 aromatic rings. The smallest absolute Gasteiger partial charge is 0.360 e. The number of hydrogen-bond donors (Lipinski definition) is 0. The van der Waals surface area contributed by atoms with E-state index >= 15 is 0 Å². The minimum atomic E-state index is -0.497. The fourth-order valence-corrected chi connectivity index (χ4v) is 2.21. The van der Waals surface area contributed by atoms with Gasteiger partial charge in [-0.15, -0.1) is 0 Å². The molecule has 0 unspecified atom stereocenters. The molecule has 0 atom stereocenters. The number of halogens is 1. The van der Waals surface area contributed by atoms with E-state index in [0.29, 0.717) is 22.9 Å². The molecule has 0 amide bonds. The van der Waals surface area contributed by atoms with Crippen LogP contribution in [0.2, 0.25) is 0 Å².